The number of aliphatic hydroxyl groups is 1. The second-order valence-corrected chi connectivity index (χ2v) is 10.8. The Hall–Kier alpha value is -3.01. The smallest absolute Gasteiger partial charge is 0.325 e. The van der Waals surface area contributed by atoms with Gasteiger partial charge in [-0.25, -0.2) is 4.98 Å². The van der Waals surface area contributed by atoms with Crippen LogP contribution < -0.4 is 10.9 Å². The molecule has 1 aliphatic rings. The maximum absolute atomic E-state index is 12.5. The largest absolute Gasteiger partial charge is 0.464 e. The van der Waals surface area contributed by atoms with E-state index in [0.717, 1.165) is 53.9 Å². The van der Waals surface area contributed by atoms with Gasteiger partial charge in [0.05, 0.1) is 36.4 Å². The summed E-state index contributed by atoms with van der Waals surface area (Å²) in [7, 11) is 1.75. The van der Waals surface area contributed by atoms with Crippen LogP contribution >= 0.6 is 0 Å². The minimum atomic E-state index is -0.896. The van der Waals surface area contributed by atoms with Crippen molar-refractivity contribution >= 4 is 17.0 Å². The zero-order chi connectivity index (χ0) is 27.4. The highest BCUT2D eigenvalue weighted by Crippen LogP contribution is 2.28. The van der Waals surface area contributed by atoms with Crippen LogP contribution in [-0.2, 0) is 34.4 Å². The van der Waals surface area contributed by atoms with Crippen molar-refractivity contribution in [1.82, 2.24) is 19.4 Å². The lowest BCUT2D eigenvalue weighted by molar-refractivity contribution is -0.150. The molecule has 4 rings (SSSR count). The minimum Gasteiger partial charge on any atom is -0.464 e. The lowest BCUT2D eigenvalue weighted by atomic mass is 10.1. The summed E-state index contributed by atoms with van der Waals surface area (Å²) < 4.78 is 15.2. The highest BCUT2D eigenvalue weighted by molar-refractivity contribution is 5.81. The van der Waals surface area contributed by atoms with Crippen LogP contribution in [0.1, 0.15) is 51.2 Å². The fourth-order valence-corrected chi connectivity index (χ4v) is 4.86. The number of benzene rings is 1. The Labute approximate surface area is 223 Å². The monoisotopic (exact) mass is 524 g/mol. The number of ether oxygens (including phenoxy) is 2. The SMILES string of the molecule is Cc1cc(-c2nc3cc(CN[C@H](C(=O)OCC(C)C)[C@@H](C)O)ccc3n2CC2CCCCO2)cn(C)c1=O. The molecule has 3 aromatic rings. The molecule has 2 N–H and O–H groups in total. The Morgan fingerprint density at radius 3 is 2.71 bits per heavy atom. The molecule has 3 heterocycles. The summed E-state index contributed by atoms with van der Waals surface area (Å²) >= 11 is 0. The molecule has 0 bridgehead atoms. The first-order valence-electron chi connectivity index (χ1n) is 13.5. The molecule has 1 saturated heterocycles. The van der Waals surface area contributed by atoms with Gasteiger partial charge in [0.2, 0.25) is 0 Å². The van der Waals surface area contributed by atoms with Gasteiger partial charge in [-0.05, 0) is 62.8 Å². The number of fused-ring (bicyclic) bond motifs is 1. The molecule has 1 aliphatic heterocycles. The van der Waals surface area contributed by atoms with E-state index >= 15 is 0 Å². The van der Waals surface area contributed by atoms with Crippen molar-refractivity contribution in [3.05, 3.63) is 51.9 Å². The molecular weight excluding hydrogens is 484 g/mol. The average Bonchev–Trinajstić information content (AvgIpc) is 3.23. The van der Waals surface area contributed by atoms with Crippen molar-refractivity contribution < 1.29 is 19.4 Å². The van der Waals surface area contributed by atoms with E-state index in [1.165, 1.54) is 0 Å². The van der Waals surface area contributed by atoms with E-state index in [9.17, 15) is 14.7 Å². The van der Waals surface area contributed by atoms with Crippen molar-refractivity contribution in [2.45, 2.75) is 78.3 Å². The van der Waals surface area contributed by atoms with Crippen LogP contribution in [0.25, 0.3) is 22.4 Å². The number of imidazole rings is 1. The molecule has 38 heavy (non-hydrogen) atoms. The molecule has 9 heteroatoms. The Morgan fingerprint density at radius 1 is 1.26 bits per heavy atom. The van der Waals surface area contributed by atoms with Crippen LogP contribution in [0.3, 0.4) is 0 Å². The molecule has 1 aromatic carbocycles. The van der Waals surface area contributed by atoms with Crippen molar-refractivity contribution in [2.75, 3.05) is 13.2 Å². The van der Waals surface area contributed by atoms with Gasteiger partial charge in [0.25, 0.3) is 5.56 Å². The van der Waals surface area contributed by atoms with Crippen LogP contribution in [0, 0.1) is 12.8 Å². The number of pyridine rings is 1. The third-order valence-corrected chi connectivity index (χ3v) is 6.91. The number of hydrogen-bond acceptors (Lipinski definition) is 7. The predicted molar refractivity (Wildman–Crippen MR) is 147 cm³/mol. The molecule has 2 aromatic heterocycles. The van der Waals surface area contributed by atoms with Gasteiger partial charge in [0, 0.05) is 37.5 Å². The highest BCUT2D eigenvalue weighted by Gasteiger charge is 2.25. The van der Waals surface area contributed by atoms with E-state index in [1.807, 2.05) is 51.2 Å². The lowest BCUT2D eigenvalue weighted by Gasteiger charge is -2.24. The maximum Gasteiger partial charge on any atom is 0.325 e. The number of carbonyl (C=O) groups is 1. The third-order valence-electron chi connectivity index (χ3n) is 6.91. The molecule has 1 unspecified atom stereocenters. The van der Waals surface area contributed by atoms with Crippen molar-refractivity contribution in [3.8, 4) is 11.4 Å². The maximum atomic E-state index is 12.5. The summed E-state index contributed by atoms with van der Waals surface area (Å²) in [6.07, 6.45) is 4.27. The molecule has 0 amide bonds. The number of rotatable bonds is 10. The number of aryl methyl sites for hydroxylation is 2. The van der Waals surface area contributed by atoms with Crippen molar-refractivity contribution in [2.24, 2.45) is 13.0 Å². The van der Waals surface area contributed by atoms with Gasteiger partial charge < -0.3 is 23.7 Å². The average molecular weight is 525 g/mol. The fraction of sp³-hybridized carbons (Fsp3) is 0.552. The van der Waals surface area contributed by atoms with E-state index in [2.05, 4.69) is 9.88 Å². The first kappa shape index (κ1) is 28.0. The van der Waals surface area contributed by atoms with E-state index in [0.29, 0.717) is 25.3 Å². The summed E-state index contributed by atoms with van der Waals surface area (Å²) in [5.41, 5.74) is 4.24. The van der Waals surface area contributed by atoms with Crippen LogP contribution in [0.15, 0.2) is 35.3 Å². The number of nitrogens with one attached hydrogen (secondary N) is 1. The highest BCUT2D eigenvalue weighted by atomic mass is 16.5. The summed E-state index contributed by atoms with van der Waals surface area (Å²) in [5.74, 6) is 0.547. The molecule has 0 aliphatic carbocycles. The molecule has 9 nitrogen and oxygen atoms in total. The first-order valence-corrected chi connectivity index (χ1v) is 13.5. The number of hydrogen-bond donors (Lipinski definition) is 2. The molecule has 206 valence electrons. The van der Waals surface area contributed by atoms with E-state index in [4.69, 9.17) is 14.5 Å². The van der Waals surface area contributed by atoms with Gasteiger partial charge in [-0.3, -0.25) is 14.9 Å². The minimum absolute atomic E-state index is 0.0278. The summed E-state index contributed by atoms with van der Waals surface area (Å²) in [5, 5.41) is 13.3. The van der Waals surface area contributed by atoms with Crippen molar-refractivity contribution in [3.63, 3.8) is 0 Å². The zero-order valence-electron chi connectivity index (χ0n) is 23.1. The summed E-state index contributed by atoms with van der Waals surface area (Å²) in [6, 6.07) is 7.10. The summed E-state index contributed by atoms with van der Waals surface area (Å²) in [6.45, 7) is 9.46. The molecule has 0 saturated carbocycles. The van der Waals surface area contributed by atoms with Crippen LogP contribution in [-0.4, -0.2) is 56.7 Å². The number of carbonyl (C=O) groups excluding carboxylic acids is 1. The van der Waals surface area contributed by atoms with E-state index in [1.54, 1.807) is 18.5 Å². The van der Waals surface area contributed by atoms with Gasteiger partial charge in [-0.1, -0.05) is 19.9 Å². The Balaban J connectivity index is 1.64. The predicted octanol–water partition coefficient (Wildman–Crippen LogP) is 3.32. The van der Waals surface area contributed by atoms with Crippen LogP contribution in [0.2, 0.25) is 0 Å². The van der Waals surface area contributed by atoms with Gasteiger partial charge in [0.15, 0.2) is 0 Å². The Morgan fingerprint density at radius 2 is 2.05 bits per heavy atom. The Bertz CT molecular complexity index is 1290. The van der Waals surface area contributed by atoms with Gasteiger partial charge in [-0.15, -0.1) is 0 Å². The normalized spacial score (nSPS) is 17.6. The molecule has 1 fully saturated rings. The lowest BCUT2D eigenvalue weighted by Crippen LogP contribution is -2.45. The topological polar surface area (TPSA) is 108 Å². The van der Waals surface area contributed by atoms with Crippen LogP contribution in [0.5, 0.6) is 0 Å². The molecule has 3 atom stereocenters. The van der Waals surface area contributed by atoms with Gasteiger partial charge in [-0.2, -0.15) is 0 Å². The Kier molecular flexibility index (Phi) is 9.02. The fourth-order valence-electron chi connectivity index (χ4n) is 4.86. The van der Waals surface area contributed by atoms with E-state index in [-0.39, 0.29) is 17.6 Å². The number of aromatic nitrogens is 3. The molecular formula is C29H40N4O5. The van der Waals surface area contributed by atoms with E-state index < -0.39 is 18.1 Å². The van der Waals surface area contributed by atoms with Crippen LogP contribution in [0.4, 0.5) is 0 Å². The molecule has 0 spiro atoms. The van der Waals surface area contributed by atoms with Crippen molar-refractivity contribution in [1.29, 1.82) is 0 Å². The standard InChI is InChI=1S/C29H40N4O5/c1-18(2)17-38-29(36)26(20(4)34)30-14-21-9-10-25-24(13-21)31-27(22-12-19(3)28(35)32(5)15-22)33(25)16-23-8-6-7-11-37-23/h9-10,12-13,15,18,20,23,26,30,34H,6-8,11,14,16-17H2,1-5H3/t20-,23?,26+/m1/s1. The number of aliphatic hydroxyl groups excluding tert-OH is 1. The second-order valence-electron chi connectivity index (χ2n) is 10.8. The van der Waals surface area contributed by atoms with Gasteiger partial charge in [0.1, 0.15) is 11.9 Å². The second kappa shape index (κ2) is 12.2. The first-order chi connectivity index (χ1) is 18.1. The number of nitrogens with zero attached hydrogens (tertiary/aromatic N) is 3. The quantitative estimate of drug-likeness (QED) is 0.392. The number of esters is 1. The van der Waals surface area contributed by atoms with Gasteiger partial charge >= 0.3 is 5.97 Å². The third kappa shape index (κ3) is 6.51. The summed E-state index contributed by atoms with van der Waals surface area (Å²) in [4.78, 5) is 29.8. The molecule has 0 radical (unpaired) electrons. The zero-order valence-corrected chi connectivity index (χ0v) is 23.1.